The van der Waals surface area contributed by atoms with Crippen molar-refractivity contribution in [3.8, 4) is 0 Å². The van der Waals surface area contributed by atoms with Crippen LogP contribution in [0.5, 0.6) is 0 Å². The van der Waals surface area contributed by atoms with Crippen LogP contribution < -0.4 is 10.7 Å². The van der Waals surface area contributed by atoms with E-state index in [-0.39, 0.29) is 6.10 Å². The van der Waals surface area contributed by atoms with E-state index in [4.69, 9.17) is 4.74 Å². The van der Waals surface area contributed by atoms with Crippen LogP contribution in [0.3, 0.4) is 0 Å². The Morgan fingerprint density at radius 3 is 2.36 bits per heavy atom. The molecule has 1 aromatic rings. The molecule has 0 aromatic heterocycles. The van der Waals surface area contributed by atoms with Crippen LogP contribution in [0.1, 0.15) is 20.8 Å². The Labute approximate surface area is 129 Å². The summed E-state index contributed by atoms with van der Waals surface area (Å²) in [7, 11) is 1.23. The fraction of sp³-hybridized carbons (Fsp3) is 0.400. The topological polar surface area (TPSA) is 89.0 Å². The first-order valence-corrected chi connectivity index (χ1v) is 6.84. The molecular formula is C15H21N3O4. The van der Waals surface area contributed by atoms with Gasteiger partial charge in [0.25, 0.3) is 0 Å². The summed E-state index contributed by atoms with van der Waals surface area (Å²) in [5, 5.41) is 6.88. The predicted molar refractivity (Wildman–Crippen MR) is 83.7 cm³/mol. The second-order valence-electron chi connectivity index (χ2n) is 4.79. The third-order valence-corrected chi connectivity index (χ3v) is 2.60. The van der Waals surface area contributed by atoms with Gasteiger partial charge in [0, 0.05) is 5.69 Å². The molecule has 1 atom stereocenters. The van der Waals surface area contributed by atoms with Gasteiger partial charge in [0.2, 0.25) is 0 Å². The van der Waals surface area contributed by atoms with Gasteiger partial charge in [0.15, 0.2) is 6.04 Å². The van der Waals surface area contributed by atoms with Crippen LogP contribution in [-0.4, -0.2) is 37.0 Å². The Balaban J connectivity index is 2.90. The van der Waals surface area contributed by atoms with E-state index in [0.29, 0.717) is 5.71 Å². The summed E-state index contributed by atoms with van der Waals surface area (Å²) in [6.07, 6.45) is -0.969. The molecule has 0 spiro atoms. The molecule has 1 unspecified atom stereocenters. The number of benzene rings is 1. The third kappa shape index (κ3) is 5.82. The van der Waals surface area contributed by atoms with Crippen molar-refractivity contribution in [3.05, 3.63) is 30.3 Å². The van der Waals surface area contributed by atoms with Crippen molar-refractivity contribution in [3.63, 3.8) is 0 Å². The van der Waals surface area contributed by atoms with Gasteiger partial charge in [-0.1, -0.05) is 18.2 Å². The molecule has 0 saturated carbocycles. The number of esters is 1. The number of carbonyl (C=O) groups excluding carboxylic acids is 2. The number of nitrogens with one attached hydrogen (secondary N) is 2. The van der Waals surface area contributed by atoms with E-state index in [1.54, 1.807) is 20.8 Å². The molecule has 0 bridgehead atoms. The molecule has 0 aliphatic carbocycles. The van der Waals surface area contributed by atoms with Crippen LogP contribution in [0.25, 0.3) is 0 Å². The Kier molecular flexibility index (Phi) is 6.88. The molecule has 2 N–H and O–H groups in total. The molecule has 0 aliphatic rings. The predicted octanol–water partition coefficient (Wildman–Crippen LogP) is 2.15. The van der Waals surface area contributed by atoms with Gasteiger partial charge in [-0.25, -0.2) is 15.0 Å². The molecular weight excluding hydrogens is 286 g/mol. The van der Waals surface area contributed by atoms with E-state index in [2.05, 4.69) is 20.6 Å². The lowest BCUT2D eigenvalue weighted by molar-refractivity contribution is -0.146. The minimum absolute atomic E-state index is 0.256. The maximum Gasteiger partial charge on any atom is 0.427 e. The van der Waals surface area contributed by atoms with Crippen molar-refractivity contribution in [1.82, 2.24) is 5.43 Å². The first-order valence-electron chi connectivity index (χ1n) is 6.84. The lowest BCUT2D eigenvalue weighted by Crippen LogP contribution is -2.40. The number of hydrogen-bond acceptors (Lipinski definition) is 6. The van der Waals surface area contributed by atoms with Crippen LogP contribution in [0, 0.1) is 0 Å². The maximum atomic E-state index is 12.2. The minimum atomic E-state index is -0.818. The molecule has 1 rings (SSSR count). The lowest BCUT2D eigenvalue weighted by Gasteiger charge is -2.20. The van der Waals surface area contributed by atoms with E-state index >= 15 is 0 Å². The number of rotatable bonds is 6. The van der Waals surface area contributed by atoms with E-state index in [9.17, 15) is 9.59 Å². The van der Waals surface area contributed by atoms with Crippen molar-refractivity contribution in [1.29, 1.82) is 0 Å². The van der Waals surface area contributed by atoms with Crippen molar-refractivity contribution in [2.75, 3.05) is 12.4 Å². The van der Waals surface area contributed by atoms with Gasteiger partial charge >= 0.3 is 12.1 Å². The minimum Gasteiger partial charge on any atom is -0.461 e. The van der Waals surface area contributed by atoms with Gasteiger partial charge in [0.1, 0.15) is 0 Å². The van der Waals surface area contributed by atoms with Gasteiger partial charge in [0.05, 0.1) is 18.9 Å². The summed E-state index contributed by atoms with van der Waals surface area (Å²) >= 11 is 0. The van der Waals surface area contributed by atoms with Crippen molar-refractivity contribution >= 4 is 23.5 Å². The highest BCUT2D eigenvalue weighted by atomic mass is 16.5. The second-order valence-corrected chi connectivity index (χ2v) is 4.79. The zero-order valence-electron chi connectivity index (χ0n) is 13.1. The van der Waals surface area contributed by atoms with E-state index in [1.165, 1.54) is 7.11 Å². The van der Waals surface area contributed by atoms with E-state index < -0.39 is 18.1 Å². The number of ether oxygens (including phenoxy) is 2. The van der Waals surface area contributed by atoms with Crippen LogP contribution >= 0.6 is 0 Å². The SMILES string of the molecule is COC(=O)NN=C(C)C(Nc1ccccc1)C(=O)OC(C)C. The summed E-state index contributed by atoms with van der Waals surface area (Å²) in [5.41, 5.74) is 3.27. The Morgan fingerprint density at radius 1 is 1.18 bits per heavy atom. The van der Waals surface area contributed by atoms with Gasteiger partial charge < -0.3 is 14.8 Å². The molecule has 22 heavy (non-hydrogen) atoms. The average molecular weight is 307 g/mol. The molecule has 0 heterocycles. The van der Waals surface area contributed by atoms with Gasteiger partial charge in [-0.15, -0.1) is 0 Å². The summed E-state index contributed by atoms with van der Waals surface area (Å²) < 4.78 is 9.64. The Bertz CT molecular complexity index is 529. The zero-order chi connectivity index (χ0) is 16.5. The molecule has 1 aromatic carbocycles. The highest BCUT2D eigenvalue weighted by molar-refractivity contribution is 6.07. The van der Waals surface area contributed by atoms with Gasteiger partial charge in [-0.2, -0.15) is 5.10 Å². The summed E-state index contributed by atoms with van der Waals surface area (Å²) in [6, 6.07) is 8.36. The lowest BCUT2D eigenvalue weighted by atomic mass is 10.1. The zero-order valence-corrected chi connectivity index (χ0v) is 13.1. The van der Waals surface area contributed by atoms with Crippen LogP contribution in [0.15, 0.2) is 35.4 Å². The van der Waals surface area contributed by atoms with Gasteiger partial charge in [-0.05, 0) is 32.9 Å². The molecule has 7 heteroatoms. The Morgan fingerprint density at radius 2 is 1.82 bits per heavy atom. The maximum absolute atomic E-state index is 12.2. The van der Waals surface area contributed by atoms with Crippen LogP contribution in [-0.2, 0) is 14.3 Å². The quantitative estimate of drug-likeness (QED) is 0.477. The molecule has 1 amide bonds. The number of carbonyl (C=O) groups is 2. The number of hydrogen-bond donors (Lipinski definition) is 2. The molecule has 0 fully saturated rings. The summed E-state index contributed by atoms with van der Waals surface area (Å²) in [5.74, 6) is -0.480. The van der Waals surface area contributed by atoms with Crippen molar-refractivity contribution in [2.45, 2.75) is 32.9 Å². The molecule has 0 saturated heterocycles. The summed E-state index contributed by atoms with van der Waals surface area (Å²) in [6.45, 7) is 5.13. The molecule has 0 radical (unpaired) electrons. The number of nitrogens with zero attached hydrogens (tertiary/aromatic N) is 1. The normalized spacial score (nSPS) is 12.5. The molecule has 120 valence electrons. The number of hydrazone groups is 1. The summed E-state index contributed by atoms with van der Waals surface area (Å²) in [4.78, 5) is 23.3. The van der Waals surface area contributed by atoms with Crippen molar-refractivity contribution in [2.24, 2.45) is 5.10 Å². The first-order chi connectivity index (χ1) is 10.4. The monoisotopic (exact) mass is 307 g/mol. The standard InChI is InChI=1S/C15H21N3O4/c1-10(2)22-14(19)13(11(3)17-18-15(20)21-4)16-12-8-6-5-7-9-12/h5-10,13,16H,1-4H3,(H,18,20). The molecule has 7 nitrogen and oxygen atoms in total. The third-order valence-electron chi connectivity index (χ3n) is 2.60. The highest BCUT2D eigenvalue weighted by Crippen LogP contribution is 2.10. The van der Waals surface area contributed by atoms with Crippen LogP contribution in [0.4, 0.5) is 10.5 Å². The molecule has 0 aliphatic heterocycles. The fourth-order valence-electron chi connectivity index (χ4n) is 1.58. The number of amides is 1. The first kappa shape index (κ1) is 17.5. The number of anilines is 1. The van der Waals surface area contributed by atoms with E-state index in [1.807, 2.05) is 30.3 Å². The second kappa shape index (κ2) is 8.66. The van der Waals surface area contributed by atoms with E-state index in [0.717, 1.165) is 5.69 Å². The van der Waals surface area contributed by atoms with Crippen molar-refractivity contribution < 1.29 is 19.1 Å². The Hall–Kier alpha value is -2.57. The highest BCUT2D eigenvalue weighted by Gasteiger charge is 2.24. The number of para-hydroxylation sites is 1. The smallest absolute Gasteiger partial charge is 0.427 e. The average Bonchev–Trinajstić information content (AvgIpc) is 2.50. The number of methoxy groups -OCH3 is 1. The fourth-order valence-corrected chi connectivity index (χ4v) is 1.58. The van der Waals surface area contributed by atoms with Gasteiger partial charge in [-0.3, -0.25) is 0 Å². The van der Waals surface area contributed by atoms with Crippen LogP contribution in [0.2, 0.25) is 0 Å². The largest absolute Gasteiger partial charge is 0.461 e.